The van der Waals surface area contributed by atoms with Crippen LogP contribution in [0.1, 0.15) is 0 Å². The molecular formula is C10H9ClN2O2. The van der Waals surface area contributed by atoms with Crippen LogP contribution in [0, 0.1) is 0 Å². The maximum atomic E-state index is 11.8. The lowest BCUT2D eigenvalue weighted by Gasteiger charge is -2.06. The van der Waals surface area contributed by atoms with Gasteiger partial charge in [0.1, 0.15) is 11.3 Å². The molecule has 0 fully saturated rings. The number of nitrogens with zero attached hydrogens (tertiary/aromatic N) is 2. The maximum absolute atomic E-state index is 11.8. The summed E-state index contributed by atoms with van der Waals surface area (Å²) in [7, 11) is 3.16. The van der Waals surface area contributed by atoms with Gasteiger partial charge in [0.05, 0.1) is 23.8 Å². The molecule has 0 saturated carbocycles. The second kappa shape index (κ2) is 3.55. The van der Waals surface area contributed by atoms with Gasteiger partial charge in [0.15, 0.2) is 0 Å². The summed E-state index contributed by atoms with van der Waals surface area (Å²) in [6, 6.07) is 3.32. The number of aromatic nitrogens is 2. The van der Waals surface area contributed by atoms with E-state index in [1.165, 1.54) is 18.0 Å². The van der Waals surface area contributed by atoms with Crippen molar-refractivity contribution in [3.05, 3.63) is 33.8 Å². The van der Waals surface area contributed by atoms with Gasteiger partial charge < -0.3 is 9.30 Å². The standard InChI is InChI=1S/C10H9ClN2O2/c1-13-5-12-9-7(15-2)4-3-6(11)8(9)10(13)14/h3-5H,1-2H3. The minimum Gasteiger partial charge on any atom is -0.494 e. The minimum absolute atomic E-state index is 0.177. The van der Waals surface area contributed by atoms with E-state index in [-0.39, 0.29) is 5.56 Å². The molecule has 1 aromatic carbocycles. The normalized spacial score (nSPS) is 10.6. The first kappa shape index (κ1) is 9.98. The van der Waals surface area contributed by atoms with Crippen LogP contribution in [0.4, 0.5) is 0 Å². The highest BCUT2D eigenvalue weighted by molar-refractivity contribution is 6.35. The van der Waals surface area contributed by atoms with Crippen molar-refractivity contribution in [1.29, 1.82) is 0 Å². The van der Waals surface area contributed by atoms with E-state index in [4.69, 9.17) is 16.3 Å². The third kappa shape index (κ3) is 1.47. The number of hydrogen-bond donors (Lipinski definition) is 0. The van der Waals surface area contributed by atoms with E-state index in [9.17, 15) is 4.79 Å². The quantitative estimate of drug-likeness (QED) is 0.739. The molecule has 0 aliphatic heterocycles. The van der Waals surface area contributed by atoms with Crippen molar-refractivity contribution in [3.63, 3.8) is 0 Å². The van der Waals surface area contributed by atoms with Gasteiger partial charge in [-0.25, -0.2) is 4.98 Å². The Morgan fingerprint density at radius 3 is 2.87 bits per heavy atom. The molecule has 0 unspecified atom stereocenters. The Morgan fingerprint density at radius 2 is 2.20 bits per heavy atom. The van der Waals surface area contributed by atoms with Gasteiger partial charge in [-0.05, 0) is 12.1 Å². The molecule has 0 radical (unpaired) electrons. The SMILES string of the molecule is COc1ccc(Cl)c2c(=O)n(C)cnc12. The molecule has 0 spiro atoms. The fraction of sp³-hybridized carbons (Fsp3) is 0.200. The van der Waals surface area contributed by atoms with Gasteiger partial charge >= 0.3 is 0 Å². The molecule has 0 aliphatic carbocycles. The highest BCUT2D eigenvalue weighted by atomic mass is 35.5. The van der Waals surface area contributed by atoms with Crippen molar-refractivity contribution in [2.75, 3.05) is 7.11 Å². The highest BCUT2D eigenvalue weighted by Crippen LogP contribution is 2.26. The van der Waals surface area contributed by atoms with E-state index in [2.05, 4.69) is 4.98 Å². The van der Waals surface area contributed by atoms with E-state index < -0.39 is 0 Å². The Balaban J connectivity index is 3.00. The van der Waals surface area contributed by atoms with Gasteiger partial charge in [-0.1, -0.05) is 11.6 Å². The molecule has 0 aliphatic rings. The van der Waals surface area contributed by atoms with Crippen molar-refractivity contribution in [2.24, 2.45) is 7.05 Å². The summed E-state index contributed by atoms with van der Waals surface area (Å²) >= 11 is 5.95. The Hall–Kier alpha value is -1.55. The number of fused-ring (bicyclic) bond motifs is 1. The van der Waals surface area contributed by atoms with Crippen molar-refractivity contribution in [3.8, 4) is 5.75 Å². The zero-order valence-corrected chi connectivity index (χ0v) is 9.08. The lowest BCUT2D eigenvalue weighted by atomic mass is 10.2. The van der Waals surface area contributed by atoms with Crippen molar-refractivity contribution in [1.82, 2.24) is 9.55 Å². The van der Waals surface area contributed by atoms with Crippen molar-refractivity contribution in [2.45, 2.75) is 0 Å². The van der Waals surface area contributed by atoms with Gasteiger partial charge in [0.2, 0.25) is 0 Å². The zero-order chi connectivity index (χ0) is 11.0. The average Bonchev–Trinajstić information content (AvgIpc) is 2.24. The van der Waals surface area contributed by atoms with Gasteiger partial charge in [0.25, 0.3) is 5.56 Å². The molecule has 2 aromatic rings. The van der Waals surface area contributed by atoms with Crippen LogP contribution < -0.4 is 10.3 Å². The van der Waals surface area contributed by atoms with E-state index in [0.717, 1.165) is 0 Å². The monoisotopic (exact) mass is 224 g/mol. The first-order valence-electron chi connectivity index (χ1n) is 4.33. The van der Waals surface area contributed by atoms with Gasteiger partial charge in [-0.15, -0.1) is 0 Å². The van der Waals surface area contributed by atoms with Crippen LogP contribution in [0.25, 0.3) is 10.9 Å². The molecule has 15 heavy (non-hydrogen) atoms. The largest absolute Gasteiger partial charge is 0.494 e. The van der Waals surface area contributed by atoms with Crippen LogP contribution in [0.2, 0.25) is 5.02 Å². The molecular weight excluding hydrogens is 216 g/mol. The van der Waals surface area contributed by atoms with E-state index in [1.54, 1.807) is 19.2 Å². The molecule has 0 bridgehead atoms. The molecule has 0 atom stereocenters. The summed E-state index contributed by atoms with van der Waals surface area (Å²) in [5.41, 5.74) is 0.317. The smallest absolute Gasteiger partial charge is 0.262 e. The van der Waals surface area contributed by atoms with E-state index in [0.29, 0.717) is 21.7 Å². The Kier molecular flexibility index (Phi) is 2.36. The summed E-state index contributed by atoms with van der Waals surface area (Å²) in [6.45, 7) is 0. The summed E-state index contributed by atoms with van der Waals surface area (Å²) in [4.78, 5) is 15.9. The molecule has 5 heteroatoms. The third-order valence-electron chi connectivity index (χ3n) is 2.20. The molecule has 4 nitrogen and oxygen atoms in total. The lowest BCUT2D eigenvalue weighted by molar-refractivity contribution is 0.418. The molecule has 78 valence electrons. The van der Waals surface area contributed by atoms with Crippen LogP contribution in [0.5, 0.6) is 5.75 Å². The summed E-state index contributed by atoms with van der Waals surface area (Å²) in [6.07, 6.45) is 1.45. The molecule has 0 N–H and O–H groups in total. The van der Waals surface area contributed by atoms with Crippen LogP contribution in [-0.2, 0) is 7.05 Å². The third-order valence-corrected chi connectivity index (χ3v) is 2.52. The maximum Gasteiger partial charge on any atom is 0.262 e. The highest BCUT2D eigenvalue weighted by Gasteiger charge is 2.10. The van der Waals surface area contributed by atoms with Crippen LogP contribution in [0.3, 0.4) is 0 Å². The fourth-order valence-electron chi connectivity index (χ4n) is 1.42. The second-order valence-electron chi connectivity index (χ2n) is 3.13. The van der Waals surface area contributed by atoms with Crippen molar-refractivity contribution < 1.29 is 4.74 Å². The second-order valence-corrected chi connectivity index (χ2v) is 3.54. The first-order valence-corrected chi connectivity index (χ1v) is 4.70. The van der Waals surface area contributed by atoms with Crippen LogP contribution in [0.15, 0.2) is 23.3 Å². The number of ether oxygens (including phenoxy) is 1. The average molecular weight is 225 g/mol. The predicted octanol–water partition coefficient (Wildman–Crippen LogP) is 1.60. The summed E-state index contributed by atoms with van der Waals surface area (Å²) in [5, 5.41) is 0.778. The number of hydrogen-bond acceptors (Lipinski definition) is 3. The van der Waals surface area contributed by atoms with Crippen LogP contribution >= 0.6 is 11.6 Å². The van der Waals surface area contributed by atoms with Gasteiger partial charge in [0, 0.05) is 7.05 Å². The number of benzene rings is 1. The molecule has 1 heterocycles. The Bertz CT molecular complexity index is 577. The number of methoxy groups -OCH3 is 1. The number of aryl methyl sites for hydroxylation is 1. The topological polar surface area (TPSA) is 44.1 Å². The van der Waals surface area contributed by atoms with E-state index >= 15 is 0 Å². The predicted molar refractivity (Wildman–Crippen MR) is 58.5 cm³/mol. The molecule has 0 amide bonds. The number of rotatable bonds is 1. The first-order chi connectivity index (χ1) is 7.15. The lowest BCUT2D eigenvalue weighted by Crippen LogP contribution is -2.17. The van der Waals surface area contributed by atoms with E-state index in [1.807, 2.05) is 0 Å². The summed E-state index contributed by atoms with van der Waals surface area (Å²) in [5.74, 6) is 0.548. The number of halogens is 1. The minimum atomic E-state index is -0.177. The Morgan fingerprint density at radius 1 is 1.47 bits per heavy atom. The van der Waals surface area contributed by atoms with Gasteiger partial charge in [-0.3, -0.25) is 4.79 Å². The molecule has 0 saturated heterocycles. The van der Waals surface area contributed by atoms with Gasteiger partial charge in [-0.2, -0.15) is 0 Å². The Labute approximate surface area is 91.1 Å². The molecule has 2 rings (SSSR count). The van der Waals surface area contributed by atoms with Crippen LogP contribution in [-0.4, -0.2) is 16.7 Å². The fourth-order valence-corrected chi connectivity index (χ4v) is 1.65. The summed E-state index contributed by atoms with van der Waals surface area (Å²) < 4.78 is 6.49. The van der Waals surface area contributed by atoms with Crippen molar-refractivity contribution >= 4 is 22.5 Å². The zero-order valence-electron chi connectivity index (χ0n) is 8.32. The molecule has 1 aromatic heterocycles.